The SMILES string of the molecule is COc1ccc(C(F)(F)F)cc1NC(=O)CN1C(=O)S/C(=C\c2cc(OC)c(OCc3ccc(C(=O)O)cc3)cc2Br)C1=O. The number of ether oxygens (including phenoxy) is 3. The molecular weight excluding hydrogens is 673 g/mol. The Labute approximate surface area is 260 Å². The Bertz CT molecular complexity index is 1660. The maximum absolute atomic E-state index is 13.1. The van der Waals surface area contributed by atoms with Crippen LogP contribution >= 0.6 is 27.7 Å². The third kappa shape index (κ3) is 7.52. The zero-order valence-electron chi connectivity index (χ0n) is 22.9. The van der Waals surface area contributed by atoms with E-state index in [-0.39, 0.29) is 28.5 Å². The molecule has 0 aliphatic carbocycles. The standard InChI is InChI=1S/C29H22BrF3N2O8S/c1-41-21-8-7-18(29(31,32)33)11-20(21)34-25(36)13-35-26(37)24(44-28(35)40)10-17-9-22(42-2)23(12-19(17)30)43-14-15-3-5-16(6-4-15)27(38)39/h3-12H,13-14H2,1-2H3,(H,34,36)(H,38,39)/b24-10-. The summed E-state index contributed by atoms with van der Waals surface area (Å²) in [5.41, 5.74) is 0.00418. The number of carboxylic acid groups (broad SMARTS) is 1. The molecule has 1 saturated heterocycles. The highest BCUT2D eigenvalue weighted by atomic mass is 79.9. The number of hydrogen-bond acceptors (Lipinski definition) is 8. The van der Waals surface area contributed by atoms with Gasteiger partial charge >= 0.3 is 12.1 Å². The molecule has 1 fully saturated rings. The fourth-order valence-electron chi connectivity index (χ4n) is 3.93. The van der Waals surface area contributed by atoms with Gasteiger partial charge in [-0.25, -0.2) is 4.79 Å². The molecule has 230 valence electrons. The summed E-state index contributed by atoms with van der Waals surface area (Å²) in [6, 6.07) is 11.8. The van der Waals surface area contributed by atoms with Crippen LogP contribution in [0.4, 0.5) is 23.7 Å². The van der Waals surface area contributed by atoms with Crippen LogP contribution in [0.2, 0.25) is 0 Å². The Morgan fingerprint density at radius 3 is 2.30 bits per heavy atom. The number of hydrogen-bond donors (Lipinski definition) is 2. The van der Waals surface area contributed by atoms with Crippen LogP contribution in [0.25, 0.3) is 6.08 Å². The summed E-state index contributed by atoms with van der Waals surface area (Å²) < 4.78 is 56.2. The van der Waals surface area contributed by atoms with Crippen molar-refractivity contribution < 1.29 is 51.7 Å². The maximum atomic E-state index is 13.1. The van der Waals surface area contributed by atoms with Gasteiger partial charge in [0.1, 0.15) is 18.9 Å². The van der Waals surface area contributed by atoms with Gasteiger partial charge in [-0.3, -0.25) is 19.3 Å². The minimum absolute atomic E-state index is 0.00519. The Morgan fingerprint density at radius 2 is 1.68 bits per heavy atom. The Kier molecular flexibility index (Phi) is 9.89. The first-order valence-corrected chi connectivity index (χ1v) is 14.0. The van der Waals surface area contributed by atoms with Crippen molar-refractivity contribution in [3.05, 3.63) is 86.2 Å². The largest absolute Gasteiger partial charge is 0.495 e. The average Bonchev–Trinajstić information content (AvgIpc) is 3.23. The lowest BCUT2D eigenvalue weighted by atomic mass is 10.1. The molecule has 0 aromatic heterocycles. The average molecular weight is 695 g/mol. The molecule has 0 radical (unpaired) electrons. The Hall–Kier alpha value is -4.50. The summed E-state index contributed by atoms with van der Waals surface area (Å²) >= 11 is 4.00. The van der Waals surface area contributed by atoms with Crippen molar-refractivity contribution in [1.82, 2.24) is 4.90 Å². The van der Waals surface area contributed by atoms with Crippen molar-refractivity contribution >= 4 is 62.5 Å². The number of benzene rings is 3. The molecule has 0 atom stereocenters. The van der Waals surface area contributed by atoms with E-state index in [1.807, 2.05) is 0 Å². The monoisotopic (exact) mass is 694 g/mol. The number of amides is 3. The van der Waals surface area contributed by atoms with Crippen LogP contribution in [0.3, 0.4) is 0 Å². The molecule has 0 unspecified atom stereocenters. The van der Waals surface area contributed by atoms with E-state index in [9.17, 15) is 32.3 Å². The first-order chi connectivity index (χ1) is 20.8. The van der Waals surface area contributed by atoms with E-state index >= 15 is 0 Å². The van der Waals surface area contributed by atoms with Crippen LogP contribution in [0.15, 0.2) is 64.0 Å². The lowest BCUT2D eigenvalue weighted by Crippen LogP contribution is -2.36. The highest BCUT2D eigenvalue weighted by Crippen LogP contribution is 2.39. The van der Waals surface area contributed by atoms with Gasteiger partial charge in [-0.05, 0) is 71.4 Å². The highest BCUT2D eigenvalue weighted by Gasteiger charge is 2.37. The van der Waals surface area contributed by atoms with Crippen LogP contribution in [0, 0.1) is 0 Å². The minimum atomic E-state index is -4.67. The van der Waals surface area contributed by atoms with Gasteiger partial charge in [0.2, 0.25) is 5.91 Å². The quantitative estimate of drug-likeness (QED) is 0.230. The molecule has 44 heavy (non-hydrogen) atoms. The molecule has 10 nitrogen and oxygen atoms in total. The van der Waals surface area contributed by atoms with Crippen molar-refractivity contribution in [2.75, 3.05) is 26.1 Å². The second kappa shape index (κ2) is 13.4. The van der Waals surface area contributed by atoms with Gasteiger partial charge < -0.3 is 24.6 Å². The van der Waals surface area contributed by atoms with Crippen LogP contribution in [0.5, 0.6) is 17.2 Å². The van der Waals surface area contributed by atoms with Crippen molar-refractivity contribution in [1.29, 1.82) is 0 Å². The molecule has 2 N–H and O–H groups in total. The smallest absolute Gasteiger partial charge is 0.416 e. The van der Waals surface area contributed by atoms with Gasteiger partial charge in [0.05, 0.1) is 35.9 Å². The molecule has 3 aromatic carbocycles. The lowest BCUT2D eigenvalue weighted by molar-refractivity contribution is -0.137. The van der Waals surface area contributed by atoms with E-state index in [1.54, 1.807) is 24.3 Å². The predicted octanol–water partition coefficient (Wildman–Crippen LogP) is 6.44. The first kappa shape index (κ1) is 32.4. The summed E-state index contributed by atoms with van der Waals surface area (Å²) in [6.45, 7) is -0.637. The molecule has 1 aliphatic rings. The number of alkyl halides is 3. The van der Waals surface area contributed by atoms with E-state index < -0.39 is 41.3 Å². The van der Waals surface area contributed by atoms with Crippen molar-refractivity contribution in [3.63, 3.8) is 0 Å². The zero-order chi connectivity index (χ0) is 32.2. The Morgan fingerprint density at radius 1 is 1.00 bits per heavy atom. The normalized spacial score (nSPS) is 14.1. The van der Waals surface area contributed by atoms with E-state index in [0.29, 0.717) is 49.8 Å². The van der Waals surface area contributed by atoms with Crippen molar-refractivity contribution in [3.8, 4) is 17.2 Å². The van der Waals surface area contributed by atoms with Crippen LogP contribution in [-0.2, 0) is 22.4 Å². The molecule has 3 amide bonds. The number of methoxy groups -OCH3 is 2. The van der Waals surface area contributed by atoms with Gasteiger partial charge in [-0.1, -0.05) is 28.1 Å². The van der Waals surface area contributed by atoms with Crippen LogP contribution < -0.4 is 19.5 Å². The second-order valence-electron chi connectivity index (χ2n) is 9.04. The number of nitrogens with zero attached hydrogens (tertiary/aromatic N) is 1. The molecule has 0 bridgehead atoms. The molecular formula is C29H22BrF3N2O8S. The lowest BCUT2D eigenvalue weighted by Gasteiger charge is -2.16. The van der Waals surface area contributed by atoms with Gasteiger partial charge in [0.25, 0.3) is 11.1 Å². The van der Waals surface area contributed by atoms with Crippen molar-refractivity contribution in [2.45, 2.75) is 12.8 Å². The number of carbonyl (C=O) groups excluding carboxylic acids is 3. The molecule has 0 saturated carbocycles. The summed E-state index contributed by atoms with van der Waals surface area (Å²) in [5.74, 6) is -2.13. The highest BCUT2D eigenvalue weighted by molar-refractivity contribution is 9.10. The number of carbonyl (C=O) groups is 4. The van der Waals surface area contributed by atoms with Gasteiger partial charge in [0.15, 0.2) is 11.5 Å². The fraction of sp³-hybridized carbons (Fsp3) is 0.172. The molecule has 15 heteroatoms. The minimum Gasteiger partial charge on any atom is -0.495 e. The Balaban J connectivity index is 1.47. The summed E-state index contributed by atoms with van der Waals surface area (Å²) in [7, 11) is 2.63. The number of aromatic carboxylic acids is 1. The van der Waals surface area contributed by atoms with Crippen LogP contribution in [0.1, 0.15) is 27.0 Å². The second-order valence-corrected chi connectivity index (χ2v) is 10.9. The molecule has 3 aromatic rings. The maximum Gasteiger partial charge on any atom is 0.416 e. The molecule has 1 aliphatic heterocycles. The van der Waals surface area contributed by atoms with Gasteiger partial charge in [0, 0.05) is 4.47 Å². The number of imide groups is 1. The van der Waals surface area contributed by atoms with E-state index in [2.05, 4.69) is 21.2 Å². The van der Waals surface area contributed by atoms with Gasteiger partial charge in [-0.2, -0.15) is 13.2 Å². The predicted molar refractivity (Wildman–Crippen MR) is 158 cm³/mol. The molecule has 1 heterocycles. The summed E-state index contributed by atoms with van der Waals surface area (Å²) in [6.07, 6.45) is -3.25. The topological polar surface area (TPSA) is 131 Å². The van der Waals surface area contributed by atoms with E-state index in [4.69, 9.17) is 19.3 Å². The zero-order valence-corrected chi connectivity index (χ0v) is 25.3. The number of halogens is 4. The number of rotatable bonds is 10. The van der Waals surface area contributed by atoms with Gasteiger partial charge in [-0.15, -0.1) is 0 Å². The molecule has 0 spiro atoms. The third-order valence-corrected chi connectivity index (χ3v) is 7.74. The number of nitrogens with one attached hydrogen (secondary N) is 1. The third-order valence-electron chi connectivity index (χ3n) is 6.14. The molecule has 4 rings (SSSR count). The summed E-state index contributed by atoms with van der Waals surface area (Å²) in [4.78, 5) is 50.0. The summed E-state index contributed by atoms with van der Waals surface area (Å²) in [5, 5.41) is 10.6. The van der Waals surface area contributed by atoms with Crippen molar-refractivity contribution in [2.24, 2.45) is 0 Å². The first-order valence-electron chi connectivity index (χ1n) is 12.4. The van der Waals surface area contributed by atoms with E-state index in [1.165, 1.54) is 32.4 Å². The number of anilines is 1. The number of carboxylic acids is 1. The van der Waals surface area contributed by atoms with E-state index in [0.717, 1.165) is 12.1 Å². The van der Waals surface area contributed by atoms with Crippen LogP contribution in [-0.4, -0.2) is 53.8 Å². The fourth-order valence-corrected chi connectivity index (χ4v) is 5.20. The number of thioether (sulfide) groups is 1.